The van der Waals surface area contributed by atoms with E-state index in [-0.39, 0.29) is 12.1 Å². The van der Waals surface area contributed by atoms with E-state index in [9.17, 15) is 4.79 Å². The largest absolute Gasteiger partial charge is 0.444 e. The molecule has 0 aromatic heterocycles. The predicted octanol–water partition coefficient (Wildman–Crippen LogP) is 3.48. The van der Waals surface area contributed by atoms with Gasteiger partial charge >= 0.3 is 6.09 Å². The van der Waals surface area contributed by atoms with Crippen LogP contribution >= 0.6 is 15.9 Å². The molecule has 0 aliphatic carbocycles. The van der Waals surface area contributed by atoms with Crippen molar-refractivity contribution >= 4 is 22.0 Å². The molecule has 1 aromatic carbocycles. The highest BCUT2D eigenvalue weighted by Gasteiger charge is 2.30. The molecule has 1 aromatic rings. The van der Waals surface area contributed by atoms with Gasteiger partial charge in [-0.2, -0.15) is 0 Å². The summed E-state index contributed by atoms with van der Waals surface area (Å²) >= 11 is 3.55. The number of rotatable bonds is 4. The van der Waals surface area contributed by atoms with Crippen molar-refractivity contribution in [1.29, 1.82) is 0 Å². The van der Waals surface area contributed by atoms with Crippen LogP contribution in [0, 0.1) is 6.92 Å². The van der Waals surface area contributed by atoms with Crippen molar-refractivity contribution in [2.75, 3.05) is 26.3 Å². The number of hydrogen-bond donors (Lipinski definition) is 1. The summed E-state index contributed by atoms with van der Waals surface area (Å²) in [4.78, 5) is 14.1. The molecule has 1 saturated heterocycles. The van der Waals surface area contributed by atoms with E-state index in [4.69, 9.17) is 9.47 Å². The van der Waals surface area contributed by atoms with Gasteiger partial charge in [-0.05, 0) is 44.9 Å². The maximum Gasteiger partial charge on any atom is 0.410 e. The number of morpholine rings is 1. The second kappa shape index (κ2) is 8.32. The first-order valence-corrected chi connectivity index (χ1v) is 9.08. The molecule has 0 spiro atoms. The van der Waals surface area contributed by atoms with Gasteiger partial charge in [0, 0.05) is 24.1 Å². The van der Waals surface area contributed by atoms with E-state index in [1.807, 2.05) is 20.8 Å². The number of carbonyl (C=O) groups excluding carboxylic acids is 1. The number of benzene rings is 1. The highest BCUT2D eigenvalue weighted by Crippen LogP contribution is 2.18. The molecule has 2 rings (SSSR count). The Balaban J connectivity index is 1.88. The van der Waals surface area contributed by atoms with Crippen molar-refractivity contribution in [2.45, 2.75) is 45.9 Å². The highest BCUT2D eigenvalue weighted by atomic mass is 79.9. The third-order valence-corrected chi connectivity index (χ3v) is 4.66. The summed E-state index contributed by atoms with van der Waals surface area (Å²) < 4.78 is 12.1. The van der Waals surface area contributed by atoms with Crippen LogP contribution in [0.15, 0.2) is 22.7 Å². The van der Waals surface area contributed by atoms with Gasteiger partial charge in [0.15, 0.2) is 0 Å². The van der Waals surface area contributed by atoms with Gasteiger partial charge in [-0.25, -0.2) is 4.79 Å². The summed E-state index contributed by atoms with van der Waals surface area (Å²) in [6, 6.07) is 6.31. The van der Waals surface area contributed by atoms with Crippen LogP contribution in [0.5, 0.6) is 0 Å². The highest BCUT2D eigenvalue weighted by molar-refractivity contribution is 9.10. The third kappa shape index (κ3) is 5.76. The van der Waals surface area contributed by atoms with Gasteiger partial charge in [0.1, 0.15) is 5.60 Å². The number of nitrogens with zero attached hydrogens (tertiary/aromatic N) is 1. The van der Waals surface area contributed by atoms with Crippen LogP contribution in [0.2, 0.25) is 0 Å². The molecule has 0 saturated carbocycles. The molecule has 1 atom stereocenters. The lowest BCUT2D eigenvalue weighted by atomic mass is 10.1. The smallest absolute Gasteiger partial charge is 0.410 e. The molecule has 134 valence electrons. The topological polar surface area (TPSA) is 50.8 Å². The Labute approximate surface area is 152 Å². The SMILES string of the molecule is Cc1ccc(CNCC2COCCN2C(=O)OC(C)(C)C)cc1Br. The molecule has 24 heavy (non-hydrogen) atoms. The molecular formula is C18H27BrN2O3. The normalized spacial score (nSPS) is 18.5. The number of amides is 1. The quantitative estimate of drug-likeness (QED) is 0.843. The van der Waals surface area contributed by atoms with E-state index in [1.54, 1.807) is 4.90 Å². The Morgan fingerprint density at radius 1 is 1.46 bits per heavy atom. The van der Waals surface area contributed by atoms with Crippen molar-refractivity contribution < 1.29 is 14.3 Å². The maximum atomic E-state index is 12.4. The molecule has 0 bridgehead atoms. The van der Waals surface area contributed by atoms with Gasteiger partial charge in [0.05, 0.1) is 19.3 Å². The van der Waals surface area contributed by atoms with Crippen molar-refractivity contribution in [3.8, 4) is 0 Å². The Morgan fingerprint density at radius 2 is 2.21 bits per heavy atom. The number of nitrogens with one attached hydrogen (secondary N) is 1. The van der Waals surface area contributed by atoms with E-state index in [0.717, 1.165) is 11.0 Å². The molecule has 1 fully saturated rings. The molecule has 1 aliphatic rings. The zero-order chi connectivity index (χ0) is 17.7. The van der Waals surface area contributed by atoms with Crippen LogP contribution in [0.4, 0.5) is 4.79 Å². The third-order valence-electron chi connectivity index (χ3n) is 3.80. The van der Waals surface area contributed by atoms with Gasteiger partial charge in [-0.3, -0.25) is 4.90 Å². The van der Waals surface area contributed by atoms with Gasteiger partial charge in [0.2, 0.25) is 0 Å². The minimum atomic E-state index is -0.485. The fraction of sp³-hybridized carbons (Fsp3) is 0.611. The lowest BCUT2D eigenvalue weighted by molar-refractivity contribution is -0.0317. The summed E-state index contributed by atoms with van der Waals surface area (Å²) in [7, 11) is 0. The molecule has 1 N–H and O–H groups in total. The average molecular weight is 399 g/mol. The molecule has 6 heteroatoms. The van der Waals surface area contributed by atoms with Crippen LogP contribution in [-0.4, -0.2) is 48.9 Å². The van der Waals surface area contributed by atoms with E-state index < -0.39 is 5.60 Å². The van der Waals surface area contributed by atoms with Gasteiger partial charge in [-0.15, -0.1) is 0 Å². The molecule has 1 amide bonds. The predicted molar refractivity (Wildman–Crippen MR) is 98.1 cm³/mol. The summed E-state index contributed by atoms with van der Waals surface area (Å²) in [5.41, 5.74) is 1.94. The lowest BCUT2D eigenvalue weighted by Gasteiger charge is -2.36. The number of halogens is 1. The van der Waals surface area contributed by atoms with E-state index in [2.05, 4.69) is 46.4 Å². The molecule has 1 aliphatic heterocycles. The Bertz CT molecular complexity index is 572. The van der Waals surface area contributed by atoms with Crippen molar-refractivity contribution in [3.05, 3.63) is 33.8 Å². The van der Waals surface area contributed by atoms with Gasteiger partial charge < -0.3 is 14.8 Å². The zero-order valence-electron chi connectivity index (χ0n) is 14.9. The number of hydrogen-bond acceptors (Lipinski definition) is 4. The summed E-state index contributed by atoms with van der Waals surface area (Å²) in [6.45, 7) is 10.8. The summed E-state index contributed by atoms with van der Waals surface area (Å²) in [6.07, 6.45) is -0.268. The first kappa shape index (κ1) is 19.2. The Kier molecular flexibility index (Phi) is 6.66. The molecule has 1 heterocycles. The monoisotopic (exact) mass is 398 g/mol. The second-order valence-electron chi connectivity index (χ2n) is 7.12. The molecule has 0 radical (unpaired) electrons. The van der Waals surface area contributed by atoms with Crippen LogP contribution in [-0.2, 0) is 16.0 Å². The molecule has 5 nitrogen and oxygen atoms in total. The lowest BCUT2D eigenvalue weighted by Crippen LogP contribution is -2.54. The number of carbonyl (C=O) groups is 1. The van der Waals surface area contributed by atoms with Crippen molar-refractivity contribution in [2.24, 2.45) is 0 Å². The van der Waals surface area contributed by atoms with E-state index in [1.165, 1.54) is 11.1 Å². The fourth-order valence-electron chi connectivity index (χ4n) is 2.51. The van der Waals surface area contributed by atoms with Crippen LogP contribution in [0.1, 0.15) is 31.9 Å². The van der Waals surface area contributed by atoms with Crippen LogP contribution in [0.25, 0.3) is 0 Å². The molecule has 1 unspecified atom stereocenters. The standard InChI is InChI=1S/C18H27BrN2O3/c1-13-5-6-14(9-16(13)19)10-20-11-15-12-23-8-7-21(15)17(22)24-18(2,3)4/h5-6,9,15,20H,7-8,10-12H2,1-4H3. The van der Waals surface area contributed by atoms with E-state index in [0.29, 0.717) is 26.3 Å². The van der Waals surface area contributed by atoms with Gasteiger partial charge in [-0.1, -0.05) is 28.1 Å². The Hall–Kier alpha value is -1.11. The first-order valence-electron chi connectivity index (χ1n) is 8.29. The Morgan fingerprint density at radius 3 is 2.88 bits per heavy atom. The van der Waals surface area contributed by atoms with E-state index >= 15 is 0 Å². The van der Waals surface area contributed by atoms with Crippen molar-refractivity contribution in [3.63, 3.8) is 0 Å². The first-order chi connectivity index (χ1) is 11.3. The number of ether oxygens (including phenoxy) is 2. The van der Waals surface area contributed by atoms with Gasteiger partial charge in [0.25, 0.3) is 0 Å². The zero-order valence-corrected chi connectivity index (χ0v) is 16.5. The van der Waals surface area contributed by atoms with Crippen LogP contribution in [0.3, 0.4) is 0 Å². The fourth-order valence-corrected chi connectivity index (χ4v) is 2.94. The molecular weight excluding hydrogens is 372 g/mol. The minimum absolute atomic E-state index is 0.0116. The minimum Gasteiger partial charge on any atom is -0.444 e. The summed E-state index contributed by atoms with van der Waals surface area (Å²) in [5, 5.41) is 3.42. The number of aryl methyl sites for hydroxylation is 1. The van der Waals surface area contributed by atoms with Crippen LogP contribution < -0.4 is 5.32 Å². The summed E-state index contributed by atoms with van der Waals surface area (Å²) in [5.74, 6) is 0. The maximum absolute atomic E-state index is 12.4. The van der Waals surface area contributed by atoms with Crippen molar-refractivity contribution in [1.82, 2.24) is 10.2 Å². The average Bonchev–Trinajstić information content (AvgIpc) is 2.49. The second-order valence-corrected chi connectivity index (χ2v) is 7.97.